The second-order valence-corrected chi connectivity index (χ2v) is 7.92. The molecular formula is C16H22F2N2O3S. The molecule has 1 aliphatic rings. The maximum Gasteiger partial charge on any atom is 0.243 e. The van der Waals surface area contributed by atoms with Crippen LogP contribution in [0, 0.1) is 11.6 Å². The number of amides is 1. The lowest BCUT2D eigenvalue weighted by Gasteiger charge is -2.36. The van der Waals surface area contributed by atoms with Crippen molar-refractivity contribution in [3.05, 3.63) is 29.8 Å². The van der Waals surface area contributed by atoms with Crippen LogP contribution in [-0.4, -0.2) is 44.6 Å². The molecule has 1 fully saturated rings. The third-order valence-corrected chi connectivity index (χ3v) is 5.40. The molecule has 1 amide bonds. The number of sulfonamides is 1. The van der Waals surface area contributed by atoms with Crippen LogP contribution < -0.4 is 4.31 Å². The second-order valence-electron chi connectivity index (χ2n) is 6.01. The largest absolute Gasteiger partial charge is 0.338 e. The molecule has 1 unspecified atom stereocenters. The van der Waals surface area contributed by atoms with Crippen molar-refractivity contribution in [1.82, 2.24) is 4.90 Å². The van der Waals surface area contributed by atoms with Gasteiger partial charge in [0.1, 0.15) is 18.2 Å². The number of anilines is 1. The van der Waals surface area contributed by atoms with E-state index < -0.39 is 28.2 Å². The van der Waals surface area contributed by atoms with Gasteiger partial charge in [-0.1, -0.05) is 6.92 Å². The van der Waals surface area contributed by atoms with E-state index in [2.05, 4.69) is 0 Å². The van der Waals surface area contributed by atoms with Gasteiger partial charge in [-0.3, -0.25) is 9.10 Å². The van der Waals surface area contributed by atoms with Gasteiger partial charge in [0, 0.05) is 18.7 Å². The van der Waals surface area contributed by atoms with Crippen LogP contribution in [-0.2, 0) is 14.8 Å². The fourth-order valence-electron chi connectivity index (χ4n) is 3.03. The number of nitrogens with zero attached hydrogens (tertiary/aromatic N) is 2. The number of benzene rings is 1. The molecular weight excluding hydrogens is 338 g/mol. The molecule has 1 aliphatic heterocycles. The van der Waals surface area contributed by atoms with E-state index in [9.17, 15) is 22.0 Å². The third-order valence-electron chi connectivity index (χ3n) is 4.28. The zero-order valence-electron chi connectivity index (χ0n) is 13.8. The van der Waals surface area contributed by atoms with Crippen LogP contribution in [0.2, 0.25) is 0 Å². The summed E-state index contributed by atoms with van der Waals surface area (Å²) >= 11 is 0. The van der Waals surface area contributed by atoms with Crippen molar-refractivity contribution in [2.24, 2.45) is 0 Å². The number of hydrogen-bond donors (Lipinski definition) is 0. The highest BCUT2D eigenvalue weighted by molar-refractivity contribution is 7.92. The van der Waals surface area contributed by atoms with E-state index >= 15 is 0 Å². The van der Waals surface area contributed by atoms with Crippen molar-refractivity contribution in [2.75, 3.05) is 23.7 Å². The van der Waals surface area contributed by atoms with Crippen LogP contribution in [0.3, 0.4) is 0 Å². The lowest BCUT2D eigenvalue weighted by Crippen LogP contribution is -2.49. The highest BCUT2D eigenvalue weighted by Crippen LogP contribution is 2.24. The number of rotatable bonds is 5. The quantitative estimate of drug-likeness (QED) is 0.811. The Morgan fingerprint density at radius 2 is 2.04 bits per heavy atom. The van der Waals surface area contributed by atoms with E-state index in [1.807, 2.05) is 6.92 Å². The number of halogens is 2. The Bertz CT molecular complexity index is 709. The minimum atomic E-state index is -3.89. The molecule has 0 spiro atoms. The standard InChI is InChI=1S/C16H22F2N2O3S/c1-3-13-6-4-5-9-19(13)16(21)11-20(24(2,22)23)15-8-7-12(17)10-14(15)18/h7-8,10,13H,3-6,9,11H2,1-2H3. The smallest absolute Gasteiger partial charge is 0.243 e. The van der Waals surface area contributed by atoms with Gasteiger partial charge in [0.15, 0.2) is 0 Å². The SMILES string of the molecule is CCC1CCCCN1C(=O)CN(c1ccc(F)cc1F)S(C)(=O)=O. The first kappa shape index (κ1) is 18.6. The van der Waals surface area contributed by atoms with Crippen molar-refractivity contribution in [3.63, 3.8) is 0 Å². The van der Waals surface area contributed by atoms with Crippen LogP contribution >= 0.6 is 0 Å². The number of piperidine rings is 1. The van der Waals surface area contributed by atoms with Crippen LogP contribution in [0.4, 0.5) is 14.5 Å². The van der Waals surface area contributed by atoms with Gasteiger partial charge in [-0.05, 0) is 37.8 Å². The van der Waals surface area contributed by atoms with E-state index in [0.29, 0.717) is 16.9 Å². The first-order valence-electron chi connectivity index (χ1n) is 7.96. The third kappa shape index (κ3) is 4.23. The normalized spacial score (nSPS) is 18.5. The number of hydrogen-bond acceptors (Lipinski definition) is 3. The van der Waals surface area contributed by atoms with Crippen LogP contribution in [0.1, 0.15) is 32.6 Å². The molecule has 0 aromatic heterocycles. The molecule has 0 aliphatic carbocycles. The summed E-state index contributed by atoms with van der Waals surface area (Å²) < 4.78 is 51.8. The number of likely N-dealkylation sites (tertiary alicyclic amines) is 1. The fraction of sp³-hybridized carbons (Fsp3) is 0.562. The summed E-state index contributed by atoms with van der Waals surface area (Å²) in [7, 11) is -3.89. The minimum absolute atomic E-state index is 0.0747. The lowest BCUT2D eigenvalue weighted by atomic mass is 10.00. The fourth-order valence-corrected chi connectivity index (χ4v) is 3.88. The Labute approximate surface area is 141 Å². The molecule has 5 nitrogen and oxygen atoms in total. The summed E-state index contributed by atoms with van der Waals surface area (Å²) in [5.74, 6) is -2.19. The average molecular weight is 360 g/mol. The molecule has 0 bridgehead atoms. The minimum Gasteiger partial charge on any atom is -0.338 e. The van der Waals surface area contributed by atoms with Gasteiger partial charge in [0.25, 0.3) is 0 Å². The Kier molecular flexibility index (Phi) is 5.79. The monoisotopic (exact) mass is 360 g/mol. The maximum atomic E-state index is 14.0. The summed E-state index contributed by atoms with van der Waals surface area (Å²) in [6, 6.07) is 2.68. The molecule has 0 radical (unpaired) electrons. The second kappa shape index (κ2) is 7.46. The van der Waals surface area contributed by atoms with Gasteiger partial charge < -0.3 is 4.90 Å². The molecule has 1 saturated heterocycles. The number of carbonyl (C=O) groups is 1. The predicted octanol–water partition coefficient (Wildman–Crippen LogP) is 2.52. The zero-order valence-corrected chi connectivity index (χ0v) is 14.7. The molecule has 1 atom stereocenters. The first-order valence-corrected chi connectivity index (χ1v) is 9.81. The van der Waals surface area contributed by atoms with E-state index in [1.54, 1.807) is 4.90 Å². The molecule has 1 heterocycles. The topological polar surface area (TPSA) is 57.7 Å². The summed E-state index contributed by atoms with van der Waals surface area (Å²) in [6.45, 7) is 2.06. The Morgan fingerprint density at radius 1 is 1.33 bits per heavy atom. The van der Waals surface area contributed by atoms with E-state index in [1.165, 1.54) is 0 Å². The highest BCUT2D eigenvalue weighted by atomic mass is 32.2. The molecule has 2 rings (SSSR count). The van der Waals surface area contributed by atoms with Gasteiger partial charge in [-0.25, -0.2) is 17.2 Å². The van der Waals surface area contributed by atoms with Gasteiger partial charge in [-0.2, -0.15) is 0 Å². The van der Waals surface area contributed by atoms with E-state index in [-0.39, 0.29) is 17.6 Å². The summed E-state index contributed by atoms with van der Waals surface area (Å²) in [5.41, 5.74) is -0.322. The Balaban J connectivity index is 2.28. The summed E-state index contributed by atoms with van der Waals surface area (Å²) in [5, 5.41) is 0. The zero-order chi connectivity index (χ0) is 17.9. The average Bonchev–Trinajstić information content (AvgIpc) is 2.52. The Hall–Kier alpha value is -1.70. The summed E-state index contributed by atoms with van der Waals surface area (Å²) in [4.78, 5) is 14.3. The predicted molar refractivity (Wildman–Crippen MR) is 88.2 cm³/mol. The van der Waals surface area contributed by atoms with Gasteiger partial charge >= 0.3 is 0 Å². The molecule has 0 saturated carbocycles. The highest BCUT2D eigenvalue weighted by Gasteiger charge is 2.30. The first-order chi connectivity index (χ1) is 11.2. The Morgan fingerprint density at radius 3 is 2.62 bits per heavy atom. The molecule has 134 valence electrons. The van der Waals surface area contributed by atoms with Gasteiger partial charge in [0.2, 0.25) is 15.9 Å². The molecule has 8 heteroatoms. The van der Waals surface area contributed by atoms with Crippen molar-refractivity contribution in [2.45, 2.75) is 38.6 Å². The molecule has 0 N–H and O–H groups in total. The van der Waals surface area contributed by atoms with Crippen molar-refractivity contribution >= 4 is 21.6 Å². The van der Waals surface area contributed by atoms with Gasteiger partial charge in [0.05, 0.1) is 11.9 Å². The van der Waals surface area contributed by atoms with E-state index in [0.717, 1.165) is 44.1 Å². The van der Waals surface area contributed by atoms with Crippen molar-refractivity contribution in [3.8, 4) is 0 Å². The molecule has 1 aromatic rings. The maximum absolute atomic E-state index is 14.0. The van der Waals surface area contributed by atoms with Gasteiger partial charge in [-0.15, -0.1) is 0 Å². The van der Waals surface area contributed by atoms with Crippen molar-refractivity contribution in [1.29, 1.82) is 0 Å². The van der Waals surface area contributed by atoms with Crippen molar-refractivity contribution < 1.29 is 22.0 Å². The van der Waals surface area contributed by atoms with Crippen LogP contribution in [0.25, 0.3) is 0 Å². The molecule has 1 aromatic carbocycles. The van der Waals surface area contributed by atoms with Crippen LogP contribution in [0.15, 0.2) is 18.2 Å². The lowest BCUT2D eigenvalue weighted by molar-refractivity contribution is -0.133. The molecule has 24 heavy (non-hydrogen) atoms. The summed E-state index contributed by atoms with van der Waals surface area (Å²) in [6.07, 6.45) is 4.47. The van der Waals surface area contributed by atoms with E-state index in [4.69, 9.17) is 0 Å². The number of carbonyl (C=O) groups excluding carboxylic acids is 1. The van der Waals surface area contributed by atoms with Crippen LogP contribution in [0.5, 0.6) is 0 Å².